The van der Waals surface area contributed by atoms with Crippen LogP contribution < -0.4 is 0 Å². The van der Waals surface area contributed by atoms with E-state index in [-0.39, 0.29) is 11.3 Å². The number of amides is 1. The zero-order valence-electron chi connectivity index (χ0n) is 10.8. The predicted molar refractivity (Wildman–Crippen MR) is 69.9 cm³/mol. The van der Waals surface area contributed by atoms with Crippen LogP contribution >= 0.6 is 11.8 Å². The normalized spacial score (nSPS) is 20.6. The summed E-state index contributed by atoms with van der Waals surface area (Å²) in [6.07, 6.45) is 0. The lowest BCUT2D eigenvalue weighted by Crippen LogP contribution is -2.31. The van der Waals surface area contributed by atoms with Crippen molar-refractivity contribution in [3.8, 4) is 0 Å². The Hall–Kier alpha value is -0.900. The smallest absolute Gasteiger partial charge is 0.233 e. The Balaban J connectivity index is 2.22. The molecule has 1 aliphatic rings. The van der Waals surface area contributed by atoms with Crippen molar-refractivity contribution >= 4 is 17.7 Å². The number of hydrogen-bond acceptors (Lipinski definition) is 3. The van der Waals surface area contributed by atoms with E-state index in [9.17, 15) is 4.79 Å². The predicted octanol–water partition coefficient (Wildman–Crippen LogP) is 3.13. The molecule has 3 nitrogen and oxygen atoms in total. The summed E-state index contributed by atoms with van der Waals surface area (Å²) in [6, 6.07) is 2.05. The number of nitrogens with zero attached hydrogens (tertiary/aromatic N) is 1. The topological polar surface area (TPSA) is 33.5 Å². The van der Waals surface area contributed by atoms with E-state index in [0.717, 1.165) is 23.6 Å². The third kappa shape index (κ3) is 2.51. The summed E-state index contributed by atoms with van der Waals surface area (Å²) in [6.45, 7) is 9.07. The lowest BCUT2D eigenvalue weighted by atomic mass is 10.2. The van der Waals surface area contributed by atoms with Crippen LogP contribution in [0.15, 0.2) is 10.5 Å². The maximum Gasteiger partial charge on any atom is 0.233 e. The molecule has 0 spiro atoms. The second-order valence-corrected chi connectivity index (χ2v) is 6.06. The van der Waals surface area contributed by atoms with Crippen molar-refractivity contribution in [3.63, 3.8) is 0 Å². The van der Waals surface area contributed by atoms with Crippen molar-refractivity contribution in [2.24, 2.45) is 5.92 Å². The molecule has 2 heterocycles. The van der Waals surface area contributed by atoms with Gasteiger partial charge in [-0.25, -0.2) is 0 Å². The largest absolute Gasteiger partial charge is 0.463 e. The third-order valence-corrected chi connectivity index (χ3v) is 4.17. The van der Waals surface area contributed by atoms with E-state index in [1.165, 1.54) is 0 Å². The number of thioether (sulfide) groups is 1. The standard InChI is InChI=1S/C13H19NO2S/c1-8(2)6-14-12(15)7-17-13(14)11-5-9(3)10(4)16-11/h5,8,13H,6-7H2,1-4H3. The molecule has 1 unspecified atom stereocenters. The van der Waals surface area contributed by atoms with E-state index in [1.807, 2.05) is 18.7 Å². The monoisotopic (exact) mass is 253 g/mol. The molecule has 1 saturated heterocycles. The van der Waals surface area contributed by atoms with Gasteiger partial charge in [0.2, 0.25) is 5.91 Å². The fourth-order valence-corrected chi connectivity index (χ4v) is 3.13. The summed E-state index contributed by atoms with van der Waals surface area (Å²) in [5, 5.41) is 0.0669. The first-order valence-electron chi connectivity index (χ1n) is 5.97. The van der Waals surface area contributed by atoms with Gasteiger partial charge in [0.15, 0.2) is 0 Å². The molecule has 0 N–H and O–H groups in total. The van der Waals surface area contributed by atoms with Crippen LogP contribution in [-0.4, -0.2) is 23.1 Å². The van der Waals surface area contributed by atoms with Crippen molar-refractivity contribution < 1.29 is 9.21 Å². The van der Waals surface area contributed by atoms with Crippen LogP contribution in [0.5, 0.6) is 0 Å². The van der Waals surface area contributed by atoms with Gasteiger partial charge in [-0.15, -0.1) is 11.8 Å². The van der Waals surface area contributed by atoms with Crippen LogP contribution in [-0.2, 0) is 4.79 Å². The molecule has 0 aromatic carbocycles. The van der Waals surface area contributed by atoms with Gasteiger partial charge in [-0.05, 0) is 31.4 Å². The first-order chi connectivity index (χ1) is 7.99. The number of rotatable bonds is 3. The van der Waals surface area contributed by atoms with Crippen LogP contribution in [0, 0.1) is 19.8 Å². The van der Waals surface area contributed by atoms with E-state index >= 15 is 0 Å². The van der Waals surface area contributed by atoms with Gasteiger partial charge in [-0.3, -0.25) is 4.79 Å². The van der Waals surface area contributed by atoms with Crippen LogP contribution in [0.3, 0.4) is 0 Å². The van der Waals surface area contributed by atoms with Gasteiger partial charge in [-0.1, -0.05) is 13.8 Å². The summed E-state index contributed by atoms with van der Waals surface area (Å²) < 4.78 is 5.74. The van der Waals surface area contributed by atoms with Gasteiger partial charge >= 0.3 is 0 Å². The highest BCUT2D eigenvalue weighted by atomic mass is 32.2. The fraction of sp³-hybridized carbons (Fsp3) is 0.615. The lowest BCUT2D eigenvalue weighted by Gasteiger charge is -2.24. The SMILES string of the molecule is Cc1cc(C2SCC(=O)N2CC(C)C)oc1C. The molecule has 0 saturated carbocycles. The van der Waals surface area contributed by atoms with Crippen LogP contribution in [0.4, 0.5) is 0 Å². The molecule has 17 heavy (non-hydrogen) atoms. The lowest BCUT2D eigenvalue weighted by molar-refractivity contribution is -0.128. The zero-order chi connectivity index (χ0) is 12.6. The molecule has 0 bridgehead atoms. The average molecular weight is 253 g/mol. The molecular weight excluding hydrogens is 234 g/mol. The quantitative estimate of drug-likeness (QED) is 0.830. The Morgan fingerprint density at radius 3 is 2.76 bits per heavy atom. The molecular formula is C13H19NO2S. The Morgan fingerprint density at radius 1 is 1.53 bits per heavy atom. The summed E-state index contributed by atoms with van der Waals surface area (Å²) in [7, 11) is 0. The van der Waals surface area contributed by atoms with E-state index in [4.69, 9.17) is 4.42 Å². The number of carbonyl (C=O) groups is 1. The number of hydrogen-bond donors (Lipinski definition) is 0. The Labute approximate surface area is 107 Å². The minimum atomic E-state index is 0.0669. The van der Waals surface area contributed by atoms with Crippen molar-refractivity contribution in [2.45, 2.75) is 33.1 Å². The van der Waals surface area contributed by atoms with Gasteiger partial charge in [0.05, 0.1) is 5.75 Å². The Bertz CT molecular complexity index is 406. The number of carbonyl (C=O) groups excluding carboxylic acids is 1. The maximum absolute atomic E-state index is 11.8. The van der Waals surface area contributed by atoms with E-state index in [1.54, 1.807) is 11.8 Å². The summed E-state index contributed by atoms with van der Waals surface area (Å²) >= 11 is 1.66. The first-order valence-corrected chi connectivity index (χ1v) is 7.02. The molecule has 1 aliphatic heterocycles. The molecule has 1 aromatic heterocycles. The highest BCUT2D eigenvalue weighted by Crippen LogP contribution is 2.40. The third-order valence-electron chi connectivity index (χ3n) is 2.96. The minimum absolute atomic E-state index is 0.0669. The number of aryl methyl sites for hydroxylation is 2. The van der Waals surface area contributed by atoms with Crippen molar-refractivity contribution in [3.05, 3.63) is 23.2 Å². The second-order valence-electron chi connectivity index (χ2n) is 4.99. The van der Waals surface area contributed by atoms with E-state index in [0.29, 0.717) is 11.7 Å². The van der Waals surface area contributed by atoms with Gasteiger partial charge in [0, 0.05) is 6.54 Å². The molecule has 1 aromatic rings. The molecule has 0 aliphatic carbocycles. The van der Waals surface area contributed by atoms with Crippen molar-refractivity contribution in [1.82, 2.24) is 4.90 Å². The summed E-state index contributed by atoms with van der Waals surface area (Å²) in [5.41, 5.74) is 1.16. The zero-order valence-corrected chi connectivity index (χ0v) is 11.6. The Morgan fingerprint density at radius 2 is 2.24 bits per heavy atom. The molecule has 4 heteroatoms. The molecule has 2 rings (SSSR count). The van der Waals surface area contributed by atoms with Crippen LogP contribution in [0.1, 0.15) is 36.3 Å². The highest BCUT2D eigenvalue weighted by Gasteiger charge is 2.35. The first kappa shape index (κ1) is 12.6. The second kappa shape index (κ2) is 4.77. The molecule has 1 amide bonds. The van der Waals surface area contributed by atoms with E-state index < -0.39 is 0 Å². The average Bonchev–Trinajstić information content (AvgIpc) is 2.73. The molecule has 1 fully saturated rings. The Kier molecular flexibility index (Phi) is 3.52. The highest BCUT2D eigenvalue weighted by molar-refractivity contribution is 8.00. The van der Waals surface area contributed by atoms with Gasteiger partial charge in [-0.2, -0.15) is 0 Å². The van der Waals surface area contributed by atoms with Crippen molar-refractivity contribution in [2.75, 3.05) is 12.3 Å². The van der Waals surface area contributed by atoms with Gasteiger partial charge < -0.3 is 9.32 Å². The van der Waals surface area contributed by atoms with E-state index in [2.05, 4.69) is 19.9 Å². The maximum atomic E-state index is 11.8. The molecule has 0 radical (unpaired) electrons. The van der Waals surface area contributed by atoms with Gasteiger partial charge in [0.25, 0.3) is 0 Å². The van der Waals surface area contributed by atoms with Gasteiger partial charge in [0.1, 0.15) is 16.9 Å². The van der Waals surface area contributed by atoms with Crippen molar-refractivity contribution in [1.29, 1.82) is 0 Å². The van der Waals surface area contributed by atoms with Crippen LogP contribution in [0.2, 0.25) is 0 Å². The number of furan rings is 1. The molecule has 1 atom stereocenters. The fourth-order valence-electron chi connectivity index (χ4n) is 2.00. The summed E-state index contributed by atoms with van der Waals surface area (Å²) in [5.74, 6) is 3.13. The minimum Gasteiger partial charge on any atom is -0.463 e. The summed E-state index contributed by atoms with van der Waals surface area (Å²) in [4.78, 5) is 13.8. The van der Waals surface area contributed by atoms with Crippen LogP contribution in [0.25, 0.3) is 0 Å². The molecule has 94 valence electrons.